The molecule has 0 amide bonds. The van der Waals surface area contributed by atoms with Crippen LogP contribution in [0.4, 0.5) is 0 Å². The molecule has 0 unspecified atom stereocenters. The molecule has 0 saturated heterocycles. The first-order chi connectivity index (χ1) is 8.22. The summed E-state index contributed by atoms with van der Waals surface area (Å²) in [5, 5.41) is 5.14. The Labute approximate surface area is 108 Å². The van der Waals surface area contributed by atoms with Gasteiger partial charge in [0.2, 0.25) is 0 Å². The Morgan fingerprint density at radius 1 is 1.41 bits per heavy atom. The number of rotatable bonds is 6. The number of thiazole rings is 1. The molecule has 3 heteroatoms. The molecule has 2 nitrogen and oxygen atoms in total. The summed E-state index contributed by atoms with van der Waals surface area (Å²) in [7, 11) is 0. The largest absolute Gasteiger partial charge is 0.305 e. The van der Waals surface area contributed by atoms with Crippen LogP contribution in [0.1, 0.15) is 55.0 Å². The topological polar surface area (TPSA) is 24.9 Å². The van der Waals surface area contributed by atoms with E-state index in [1.54, 1.807) is 0 Å². The van der Waals surface area contributed by atoms with E-state index in [1.807, 2.05) is 17.5 Å². The van der Waals surface area contributed by atoms with Crippen LogP contribution in [0.2, 0.25) is 0 Å². The first-order valence-electron chi connectivity index (χ1n) is 6.90. The van der Waals surface area contributed by atoms with E-state index in [0.29, 0.717) is 12.1 Å². The molecule has 0 spiro atoms. The van der Waals surface area contributed by atoms with Gasteiger partial charge in [-0.1, -0.05) is 12.8 Å². The van der Waals surface area contributed by atoms with E-state index >= 15 is 0 Å². The minimum absolute atomic E-state index is 0.530. The Balaban J connectivity index is 1.62. The van der Waals surface area contributed by atoms with Gasteiger partial charge in [0, 0.05) is 17.1 Å². The van der Waals surface area contributed by atoms with Crippen LogP contribution in [0.3, 0.4) is 0 Å². The molecule has 2 fully saturated rings. The second-order valence-corrected chi connectivity index (χ2v) is 7.14. The molecule has 1 N–H and O–H groups in total. The van der Waals surface area contributed by atoms with Crippen LogP contribution in [0, 0.1) is 18.8 Å². The average molecular weight is 250 g/mol. The van der Waals surface area contributed by atoms with Crippen LogP contribution in [-0.4, -0.2) is 11.0 Å². The van der Waals surface area contributed by atoms with E-state index < -0.39 is 0 Å². The summed E-state index contributed by atoms with van der Waals surface area (Å²) in [5.74, 6) is 1.86. The molecule has 2 saturated carbocycles. The summed E-state index contributed by atoms with van der Waals surface area (Å²) < 4.78 is 0. The molecule has 2 atom stereocenters. The first kappa shape index (κ1) is 11.7. The van der Waals surface area contributed by atoms with Gasteiger partial charge < -0.3 is 5.32 Å². The molecule has 3 rings (SSSR count). The van der Waals surface area contributed by atoms with Crippen LogP contribution >= 0.6 is 11.3 Å². The lowest BCUT2D eigenvalue weighted by Crippen LogP contribution is -2.32. The average Bonchev–Trinajstić information content (AvgIpc) is 3.17. The Kier molecular flexibility index (Phi) is 3.22. The fraction of sp³-hybridized carbons (Fsp3) is 0.786. The molecule has 1 aromatic heterocycles. The van der Waals surface area contributed by atoms with Crippen LogP contribution in [0.15, 0.2) is 6.20 Å². The lowest BCUT2D eigenvalue weighted by Gasteiger charge is -2.21. The lowest BCUT2D eigenvalue weighted by atomic mass is 10.1. The fourth-order valence-electron chi connectivity index (χ4n) is 2.58. The predicted octanol–water partition coefficient (Wildman–Crippen LogP) is 3.68. The molecule has 94 valence electrons. The zero-order valence-electron chi connectivity index (χ0n) is 10.8. The zero-order valence-corrected chi connectivity index (χ0v) is 11.6. The number of hydrogen-bond donors (Lipinski definition) is 1. The highest BCUT2D eigenvalue weighted by molar-refractivity contribution is 7.11. The molecule has 17 heavy (non-hydrogen) atoms. The van der Waals surface area contributed by atoms with Crippen molar-refractivity contribution >= 4 is 11.3 Å². The lowest BCUT2D eigenvalue weighted by molar-refractivity contribution is 0.391. The van der Waals surface area contributed by atoms with Crippen molar-refractivity contribution in [3.8, 4) is 0 Å². The van der Waals surface area contributed by atoms with E-state index in [-0.39, 0.29) is 0 Å². The molecule has 0 bridgehead atoms. The highest BCUT2D eigenvalue weighted by Crippen LogP contribution is 2.43. The summed E-state index contributed by atoms with van der Waals surface area (Å²) in [6.45, 7) is 4.49. The van der Waals surface area contributed by atoms with Crippen molar-refractivity contribution in [2.45, 2.75) is 58.0 Å². The van der Waals surface area contributed by atoms with Gasteiger partial charge in [-0.25, -0.2) is 4.98 Å². The molecular formula is C14H22N2S. The molecule has 1 aromatic rings. The Morgan fingerprint density at radius 2 is 2.18 bits per heavy atom. The fourth-order valence-corrected chi connectivity index (χ4v) is 3.51. The van der Waals surface area contributed by atoms with Crippen molar-refractivity contribution in [1.82, 2.24) is 10.3 Å². The standard InChI is InChI=1S/C14H22N2S/c1-9(7-11-3-4-11)16-13(12-5-6-12)14-15-8-10(2)17-14/h8-9,11-13,16H,3-7H2,1-2H3/t9-,13-/m1/s1. The zero-order chi connectivity index (χ0) is 11.8. The molecule has 0 radical (unpaired) electrons. The Bertz CT molecular complexity index is 379. The van der Waals surface area contributed by atoms with Crippen LogP contribution < -0.4 is 5.32 Å². The monoisotopic (exact) mass is 250 g/mol. The molecular weight excluding hydrogens is 228 g/mol. The van der Waals surface area contributed by atoms with Crippen LogP contribution in [0.5, 0.6) is 0 Å². The van der Waals surface area contributed by atoms with Gasteiger partial charge in [-0.2, -0.15) is 0 Å². The van der Waals surface area contributed by atoms with E-state index in [1.165, 1.54) is 42.0 Å². The quantitative estimate of drug-likeness (QED) is 0.833. The van der Waals surface area contributed by atoms with E-state index in [2.05, 4.69) is 24.1 Å². The highest BCUT2D eigenvalue weighted by atomic mass is 32.1. The summed E-state index contributed by atoms with van der Waals surface area (Å²) in [6, 6.07) is 1.18. The van der Waals surface area contributed by atoms with Crippen molar-refractivity contribution < 1.29 is 0 Å². The minimum atomic E-state index is 0.530. The normalized spacial score (nSPS) is 23.6. The van der Waals surface area contributed by atoms with Gasteiger partial charge in [-0.3, -0.25) is 0 Å². The number of aryl methyl sites for hydroxylation is 1. The summed E-state index contributed by atoms with van der Waals surface area (Å²) in [6.07, 6.45) is 9.04. The Morgan fingerprint density at radius 3 is 2.71 bits per heavy atom. The van der Waals surface area contributed by atoms with Gasteiger partial charge >= 0.3 is 0 Å². The molecule has 0 aromatic carbocycles. The van der Waals surface area contributed by atoms with Gasteiger partial charge in [0.05, 0.1) is 6.04 Å². The van der Waals surface area contributed by atoms with Crippen molar-refractivity contribution in [2.75, 3.05) is 0 Å². The van der Waals surface area contributed by atoms with Gasteiger partial charge in [0.25, 0.3) is 0 Å². The van der Waals surface area contributed by atoms with Gasteiger partial charge in [-0.05, 0) is 44.9 Å². The maximum Gasteiger partial charge on any atom is 0.110 e. The second kappa shape index (κ2) is 4.69. The number of aromatic nitrogens is 1. The molecule has 0 aliphatic heterocycles. The SMILES string of the molecule is Cc1cnc([C@H](N[C@H](C)CC2CC2)C2CC2)s1. The summed E-state index contributed by atoms with van der Waals surface area (Å²) >= 11 is 1.87. The second-order valence-electron chi connectivity index (χ2n) is 5.87. The first-order valence-corrected chi connectivity index (χ1v) is 7.72. The molecule has 2 aliphatic rings. The molecule has 2 aliphatic carbocycles. The minimum Gasteiger partial charge on any atom is -0.305 e. The Hall–Kier alpha value is -0.410. The van der Waals surface area contributed by atoms with Crippen molar-refractivity contribution in [3.63, 3.8) is 0 Å². The third-order valence-corrected chi connectivity index (χ3v) is 4.84. The number of hydrogen-bond acceptors (Lipinski definition) is 3. The summed E-state index contributed by atoms with van der Waals surface area (Å²) in [4.78, 5) is 5.92. The summed E-state index contributed by atoms with van der Waals surface area (Å²) in [5.41, 5.74) is 0. The van der Waals surface area contributed by atoms with Crippen molar-refractivity contribution in [3.05, 3.63) is 16.1 Å². The van der Waals surface area contributed by atoms with Crippen LogP contribution in [-0.2, 0) is 0 Å². The van der Waals surface area contributed by atoms with E-state index in [4.69, 9.17) is 0 Å². The van der Waals surface area contributed by atoms with Crippen molar-refractivity contribution in [2.24, 2.45) is 11.8 Å². The van der Waals surface area contributed by atoms with Gasteiger partial charge in [0.1, 0.15) is 5.01 Å². The maximum absolute atomic E-state index is 4.58. The number of nitrogens with zero attached hydrogens (tertiary/aromatic N) is 1. The van der Waals surface area contributed by atoms with Crippen LogP contribution in [0.25, 0.3) is 0 Å². The predicted molar refractivity (Wildman–Crippen MR) is 72.3 cm³/mol. The van der Waals surface area contributed by atoms with Gasteiger partial charge in [-0.15, -0.1) is 11.3 Å². The molecule has 1 heterocycles. The maximum atomic E-state index is 4.58. The van der Waals surface area contributed by atoms with E-state index in [0.717, 1.165) is 11.8 Å². The van der Waals surface area contributed by atoms with Crippen molar-refractivity contribution in [1.29, 1.82) is 0 Å². The number of nitrogens with one attached hydrogen (secondary N) is 1. The third-order valence-electron chi connectivity index (χ3n) is 3.85. The smallest absolute Gasteiger partial charge is 0.110 e. The third kappa shape index (κ3) is 3.08. The van der Waals surface area contributed by atoms with E-state index in [9.17, 15) is 0 Å². The highest BCUT2D eigenvalue weighted by Gasteiger charge is 2.35. The van der Waals surface area contributed by atoms with Gasteiger partial charge in [0.15, 0.2) is 0 Å².